The van der Waals surface area contributed by atoms with Gasteiger partial charge in [-0.15, -0.1) is 0 Å². The van der Waals surface area contributed by atoms with Gasteiger partial charge in [0.25, 0.3) is 5.91 Å². The zero-order chi connectivity index (χ0) is 23.0. The van der Waals surface area contributed by atoms with Crippen molar-refractivity contribution in [3.63, 3.8) is 0 Å². The normalized spacial score (nSPS) is 14.2. The summed E-state index contributed by atoms with van der Waals surface area (Å²) in [5.74, 6) is 0.355. The smallest absolute Gasteiger partial charge is 0.262 e. The van der Waals surface area contributed by atoms with Crippen LogP contribution in [-0.4, -0.2) is 43.6 Å². The van der Waals surface area contributed by atoms with Crippen LogP contribution in [0.2, 0.25) is 0 Å². The molecular formula is C27H30FN3O2. The highest BCUT2D eigenvalue weighted by atomic mass is 19.1. The molecule has 1 saturated heterocycles. The molecule has 0 atom stereocenters. The number of aryl methyl sites for hydroxylation is 1. The van der Waals surface area contributed by atoms with Gasteiger partial charge in [0, 0.05) is 49.7 Å². The Bertz CT molecular complexity index is 1050. The molecule has 0 saturated carbocycles. The number of piperazine rings is 1. The number of carbonyl (C=O) groups is 1. The Morgan fingerprint density at radius 1 is 0.939 bits per heavy atom. The summed E-state index contributed by atoms with van der Waals surface area (Å²) >= 11 is 0. The van der Waals surface area contributed by atoms with Crippen LogP contribution in [0.25, 0.3) is 0 Å². The summed E-state index contributed by atoms with van der Waals surface area (Å²) in [4.78, 5) is 16.8. The average molecular weight is 448 g/mol. The largest absolute Gasteiger partial charge is 0.484 e. The lowest BCUT2D eigenvalue weighted by Crippen LogP contribution is -2.46. The van der Waals surface area contributed by atoms with Crippen LogP contribution < -0.4 is 15.0 Å². The third-order valence-electron chi connectivity index (χ3n) is 5.94. The first-order valence-corrected chi connectivity index (χ1v) is 11.4. The van der Waals surface area contributed by atoms with Crippen molar-refractivity contribution in [1.29, 1.82) is 0 Å². The Morgan fingerprint density at radius 3 is 2.30 bits per heavy atom. The maximum atomic E-state index is 13.9. The molecule has 1 fully saturated rings. The average Bonchev–Trinajstić information content (AvgIpc) is 2.85. The molecule has 4 rings (SSSR count). The van der Waals surface area contributed by atoms with Gasteiger partial charge in [-0.25, -0.2) is 4.39 Å². The van der Waals surface area contributed by atoms with Crippen molar-refractivity contribution in [3.05, 3.63) is 89.7 Å². The number of carbonyl (C=O) groups excluding carboxylic acids is 1. The minimum absolute atomic E-state index is 0.0306. The molecule has 0 spiro atoms. The number of rotatable bonds is 8. The molecule has 1 aliphatic heterocycles. The summed E-state index contributed by atoms with van der Waals surface area (Å²) in [6.07, 6.45) is 0.972. The van der Waals surface area contributed by atoms with E-state index in [0.717, 1.165) is 49.5 Å². The topological polar surface area (TPSA) is 44.8 Å². The maximum absolute atomic E-state index is 13.9. The van der Waals surface area contributed by atoms with E-state index < -0.39 is 0 Å². The monoisotopic (exact) mass is 447 g/mol. The number of amides is 1. The van der Waals surface area contributed by atoms with Gasteiger partial charge in [0.05, 0.1) is 0 Å². The molecule has 1 N–H and O–H groups in total. The number of halogens is 1. The Morgan fingerprint density at radius 2 is 1.64 bits per heavy atom. The van der Waals surface area contributed by atoms with Crippen LogP contribution in [0.1, 0.15) is 18.1 Å². The molecule has 172 valence electrons. The van der Waals surface area contributed by atoms with E-state index in [1.54, 1.807) is 6.07 Å². The third-order valence-corrected chi connectivity index (χ3v) is 5.94. The fourth-order valence-corrected chi connectivity index (χ4v) is 3.95. The molecule has 0 aliphatic carbocycles. The van der Waals surface area contributed by atoms with E-state index in [9.17, 15) is 9.18 Å². The molecule has 33 heavy (non-hydrogen) atoms. The van der Waals surface area contributed by atoms with Gasteiger partial charge in [-0.1, -0.05) is 37.3 Å². The first kappa shape index (κ1) is 22.8. The number of hydrogen-bond donors (Lipinski definition) is 1. The Hall–Kier alpha value is -3.38. The van der Waals surface area contributed by atoms with Crippen molar-refractivity contribution in [2.24, 2.45) is 0 Å². The number of ether oxygens (including phenoxy) is 1. The van der Waals surface area contributed by atoms with Gasteiger partial charge in [-0.05, 0) is 54.4 Å². The van der Waals surface area contributed by atoms with Crippen LogP contribution in [0, 0.1) is 5.82 Å². The molecule has 0 radical (unpaired) electrons. The van der Waals surface area contributed by atoms with Crippen molar-refractivity contribution >= 4 is 17.3 Å². The Kier molecular flexibility index (Phi) is 7.58. The van der Waals surface area contributed by atoms with Crippen molar-refractivity contribution < 1.29 is 13.9 Å². The lowest BCUT2D eigenvalue weighted by Gasteiger charge is -2.36. The summed E-state index contributed by atoms with van der Waals surface area (Å²) in [5.41, 5.74) is 3.84. The highest BCUT2D eigenvalue weighted by Crippen LogP contribution is 2.21. The van der Waals surface area contributed by atoms with Gasteiger partial charge in [-0.3, -0.25) is 9.69 Å². The van der Waals surface area contributed by atoms with E-state index in [2.05, 4.69) is 22.0 Å². The van der Waals surface area contributed by atoms with Crippen molar-refractivity contribution in [2.75, 3.05) is 43.0 Å². The lowest BCUT2D eigenvalue weighted by molar-refractivity contribution is -0.118. The zero-order valence-corrected chi connectivity index (χ0v) is 19.0. The van der Waals surface area contributed by atoms with Gasteiger partial charge in [0.2, 0.25) is 0 Å². The van der Waals surface area contributed by atoms with Crippen molar-refractivity contribution in [3.8, 4) is 5.75 Å². The molecule has 6 heteroatoms. The molecule has 5 nitrogen and oxygen atoms in total. The number of hydrogen-bond acceptors (Lipinski definition) is 4. The summed E-state index contributed by atoms with van der Waals surface area (Å²) in [6, 6.07) is 22.6. The van der Waals surface area contributed by atoms with E-state index in [1.165, 1.54) is 11.6 Å². The van der Waals surface area contributed by atoms with Crippen LogP contribution in [0.15, 0.2) is 72.8 Å². The SMILES string of the molecule is CCc1ccc(OCC(=O)Nc2ccc(N3CCN(Cc4ccccc4F)CC3)cc2)cc1. The van der Waals surface area contributed by atoms with Crippen LogP contribution in [0.5, 0.6) is 5.75 Å². The van der Waals surface area contributed by atoms with E-state index in [4.69, 9.17) is 4.74 Å². The number of nitrogens with zero attached hydrogens (tertiary/aromatic N) is 2. The van der Waals surface area contributed by atoms with Gasteiger partial charge in [0.1, 0.15) is 11.6 Å². The molecular weight excluding hydrogens is 417 g/mol. The first-order valence-electron chi connectivity index (χ1n) is 11.4. The predicted molar refractivity (Wildman–Crippen MR) is 130 cm³/mol. The molecule has 3 aromatic carbocycles. The van der Waals surface area contributed by atoms with Crippen LogP contribution in [0.3, 0.4) is 0 Å². The van der Waals surface area contributed by atoms with Crippen LogP contribution in [0.4, 0.5) is 15.8 Å². The Balaban J connectivity index is 1.22. The minimum atomic E-state index is -0.191. The van der Waals surface area contributed by atoms with E-state index >= 15 is 0 Å². The second-order valence-corrected chi connectivity index (χ2v) is 8.24. The molecule has 1 aliphatic rings. The fraction of sp³-hybridized carbons (Fsp3) is 0.296. The molecule has 3 aromatic rings. The van der Waals surface area contributed by atoms with Crippen LogP contribution >= 0.6 is 0 Å². The molecule has 1 heterocycles. The number of anilines is 2. The third kappa shape index (κ3) is 6.33. The van der Waals surface area contributed by atoms with E-state index in [0.29, 0.717) is 12.3 Å². The summed E-state index contributed by atoms with van der Waals surface area (Å²) in [7, 11) is 0. The van der Waals surface area contributed by atoms with Gasteiger partial charge >= 0.3 is 0 Å². The Labute approximate surface area is 194 Å². The van der Waals surface area contributed by atoms with Gasteiger partial charge in [0.15, 0.2) is 6.61 Å². The highest BCUT2D eigenvalue weighted by molar-refractivity contribution is 5.92. The van der Waals surface area contributed by atoms with Crippen molar-refractivity contribution in [2.45, 2.75) is 19.9 Å². The predicted octanol–water partition coefficient (Wildman–Crippen LogP) is 4.73. The molecule has 0 aromatic heterocycles. The second-order valence-electron chi connectivity index (χ2n) is 8.24. The second kappa shape index (κ2) is 11.0. The van der Waals surface area contributed by atoms with E-state index in [1.807, 2.05) is 60.7 Å². The maximum Gasteiger partial charge on any atom is 0.262 e. The standard InChI is InChI=1S/C27H30FN3O2/c1-2-21-7-13-25(14-8-21)33-20-27(32)29-23-9-11-24(12-10-23)31-17-15-30(16-18-31)19-22-5-3-4-6-26(22)28/h3-14H,2,15-20H2,1H3,(H,29,32). The lowest BCUT2D eigenvalue weighted by atomic mass is 10.1. The van der Waals surface area contributed by atoms with Gasteiger partial charge in [-0.2, -0.15) is 0 Å². The van der Waals surface area contributed by atoms with E-state index in [-0.39, 0.29) is 18.3 Å². The van der Waals surface area contributed by atoms with Crippen LogP contribution in [-0.2, 0) is 17.8 Å². The summed E-state index contributed by atoms with van der Waals surface area (Å²) in [6.45, 7) is 6.22. The molecule has 0 bridgehead atoms. The number of benzene rings is 3. The number of nitrogens with one attached hydrogen (secondary N) is 1. The minimum Gasteiger partial charge on any atom is -0.484 e. The molecule has 1 amide bonds. The summed E-state index contributed by atoms with van der Waals surface area (Å²) in [5, 5.41) is 2.88. The van der Waals surface area contributed by atoms with Crippen molar-refractivity contribution in [1.82, 2.24) is 4.90 Å². The summed E-state index contributed by atoms with van der Waals surface area (Å²) < 4.78 is 19.5. The first-order chi connectivity index (χ1) is 16.1. The quantitative estimate of drug-likeness (QED) is 0.542. The van der Waals surface area contributed by atoms with Gasteiger partial charge < -0.3 is 15.0 Å². The fourth-order valence-electron chi connectivity index (χ4n) is 3.95. The highest BCUT2D eigenvalue weighted by Gasteiger charge is 2.18. The zero-order valence-electron chi connectivity index (χ0n) is 19.0. The molecule has 0 unspecified atom stereocenters.